The van der Waals surface area contributed by atoms with Gasteiger partial charge in [0, 0.05) is 33.9 Å². The van der Waals surface area contributed by atoms with E-state index in [1.165, 1.54) is 11.3 Å². The average Bonchev–Trinajstić information content (AvgIpc) is 3.14. The van der Waals surface area contributed by atoms with Crippen LogP contribution in [-0.2, 0) is 0 Å². The minimum atomic E-state index is -0.0948. The molecular weight excluding hydrogens is 404 g/mol. The van der Waals surface area contributed by atoms with E-state index in [9.17, 15) is 4.79 Å². The molecule has 5 nitrogen and oxygen atoms in total. The summed E-state index contributed by atoms with van der Waals surface area (Å²) >= 11 is 7.43. The van der Waals surface area contributed by atoms with Crippen molar-refractivity contribution in [2.24, 2.45) is 5.73 Å². The first kappa shape index (κ1) is 19.5. The molecule has 4 rings (SSSR count). The quantitative estimate of drug-likeness (QED) is 0.450. The summed E-state index contributed by atoms with van der Waals surface area (Å²) in [5.74, 6) is 0. The molecule has 3 N–H and O–H groups in total. The second-order valence-corrected chi connectivity index (χ2v) is 8.44. The predicted octanol–water partition coefficient (Wildman–Crippen LogP) is 4.87. The Morgan fingerprint density at radius 3 is 2.66 bits per heavy atom. The van der Waals surface area contributed by atoms with Crippen LogP contribution in [0.5, 0.6) is 0 Å². The molecule has 3 heterocycles. The fourth-order valence-corrected chi connectivity index (χ4v) is 4.34. The number of hydrogen-bond donors (Lipinski definition) is 2. The van der Waals surface area contributed by atoms with Gasteiger partial charge in [-0.3, -0.25) is 14.3 Å². The minimum Gasteiger partial charge on any atom is -0.328 e. The van der Waals surface area contributed by atoms with Crippen molar-refractivity contribution in [3.8, 4) is 16.1 Å². The maximum absolute atomic E-state index is 13.1. The smallest absolute Gasteiger partial charge is 0.273 e. The number of benzene rings is 1. The topological polar surface area (TPSA) is 84.8 Å². The summed E-state index contributed by atoms with van der Waals surface area (Å²) in [5.41, 5.74) is 8.32. The highest BCUT2D eigenvalue weighted by molar-refractivity contribution is 7.22. The molecule has 0 aliphatic rings. The van der Waals surface area contributed by atoms with E-state index < -0.39 is 0 Å². The molecule has 0 saturated heterocycles. The molecule has 29 heavy (non-hydrogen) atoms. The van der Waals surface area contributed by atoms with E-state index in [1.807, 2.05) is 43.3 Å². The van der Waals surface area contributed by atoms with Gasteiger partial charge in [-0.25, -0.2) is 0 Å². The van der Waals surface area contributed by atoms with E-state index >= 15 is 0 Å². The van der Waals surface area contributed by atoms with Crippen molar-refractivity contribution < 1.29 is 0 Å². The number of thiophene rings is 1. The largest absolute Gasteiger partial charge is 0.328 e. The van der Waals surface area contributed by atoms with Crippen molar-refractivity contribution in [3.05, 3.63) is 82.0 Å². The lowest BCUT2D eigenvalue weighted by Gasteiger charge is -2.09. The van der Waals surface area contributed by atoms with E-state index in [2.05, 4.69) is 4.98 Å². The number of aromatic nitrogens is 2. The molecular formula is C22H19ClN4OS. The summed E-state index contributed by atoms with van der Waals surface area (Å²) in [5, 5.41) is 9.65. The van der Waals surface area contributed by atoms with Crippen LogP contribution in [0.3, 0.4) is 0 Å². The fourth-order valence-electron chi connectivity index (χ4n) is 3.12. The van der Waals surface area contributed by atoms with Crippen molar-refractivity contribution in [2.45, 2.75) is 19.4 Å². The van der Waals surface area contributed by atoms with Crippen LogP contribution in [0.1, 0.15) is 19.0 Å². The third-order valence-electron chi connectivity index (χ3n) is 4.57. The van der Waals surface area contributed by atoms with E-state index in [1.54, 1.807) is 29.1 Å². The van der Waals surface area contributed by atoms with Crippen molar-refractivity contribution in [2.75, 3.05) is 0 Å². The Labute approximate surface area is 176 Å². The molecule has 1 atom stereocenters. The van der Waals surface area contributed by atoms with Crippen LogP contribution in [0.2, 0.25) is 5.02 Å². The first-order valence-electron chi connectivity index (χ1n) is 9.13. The number of halogens is 1. The second kappa shape index (κ2) is 7.91. The molecule has 0 saturated carbocycles. The zero-order valence-electron chi connectivity index (χ0n) is 15.7. The lowest BCUT2D eigenvalue weighted by Crippen LogP contribution is -2.20. The third-order valence-corrected chi connectivity index (χ3v) is 6.01. The molecule has 0 fully saturated rings. The third kappa shape index (κ3) is 4.00. The highest BCUT2D eigenvalue weighted by Crippen LogP contribution is 2.32. The molecule has 0 amide bonds. The maximum Gasteiger partial charge on any atom is 0.273 e. The van der Waals surface area contributed by atoms with Crippen LogP contribution in [0.25, 0.3) is 26.2 Å². The van der Waals surface area contributed by atoms with Gasteiger partial charge in [0.2, 0.25) is 0 Å². The van der Waals surface area contributed by atoms with Crippen molar-refractivity contribution in [3.63, 3.8) is 0 Å². The van der Waals surface area contributed by atoms with Crippen molar-refractivity contribution in [1.82, 2.24) is 9.55 Å². The van der Waals surface area contributed by atoms with E-state index in [-0.39, 0.29) is 11.6 Å². The average molecular weight is 423 g/mol. The molecule has 7 heteroatoms. The van der Waals surface area contributed by atoms with Crippen LogP contribution in [0.15, 0.2) is 65.7 Å². The summed E-state index contributed by atoms with van der Waals surface area (Å²) < 4.78 is 2.27. The molecule has 3 aromatic heterocycles. The Hall–Kier alpha value is -2.80. The van der Waals surface area contributed by atoms with Gasteiger partial charge in [-0.15, -0.1) is 11.3 Å². The number of nitrogens with two attached hydrogens (primary N) is 1. The Kier molecular flexibility index (Phi) is 5.32. The molecule has 0 unspecified atom stereocenters. The van der Waals surface area contributed by atoms with Gasteiger partial charge in [0.05, 0.1) is 23.3 Å². The molecule has 0 aliphatic carbocycles. The van der Waals surface area contributed by atoms with Crippen LogP contribution < -0.4 is 11.3 Å². The standard InChI is InChI=1S/C22H19ClN4OS/c1-13(24)10-18(25)19-7-6-17(12-26-19)27-9-8-15-11-20(29-21(15)22(27)28)14-2-4-16(23)5-3-14/h2-9,11-13,25H,10,24H2,1H3/t13-/m1/s1. The lowest BCUT2D eigenvalue weighted by atomic mass is 10.1. The first-order valence-corrected chi connectivity index (χ1v) is 10.3. The van der Waals surface area contributed by atoms with Gasteiger partial charge < -0.3 is 11.1 Å². The monoisotopic (exact) mass is 422 g/mol. The maximum atomic E-state index is 13.1. The number of fused-ring (bicyclic) bond motifs is 1. The van der Waals surface area contributed by atoms with Gasteiger partial charge in [-0.2, -0.15) is 0 Å². The fraction of sp³-hybridized carbons (Fsp3) is 0.136. The van der Waals surface area contributed by atoms with Gasteiger partial charge in [0.1, 0.15) is 4.70 Å². The van der Waals surface area contributed by atoms with Crippen molar-refractivity contribution in [1.29, 1.82) is 5.41 Å². The zero-order valence-corrected chi connectivity index (χ0v) is 17.3. The van der Waals surface area contributed by atoms with E-state index in [0.29, 0.717) is 33.2 Å². The van der Waals surface area contributed by atoms with Crippen LogP contribution in [0.4, 0.5) is 0 Å². The highest BCUT2D eigenvalue weighted by Gasteiger charge is 2.12. The Bertz CT molecular complexity index is 1240. The van der Waals surface area contributed by atoms with Gasteiger partial charge >= 0.3 is 0 Å². The van der Waals surface area contributed by atoms with E-state index in [0.717, 1.165) is 15.8 Å². The minimum absolute atomic E-state index is 0.0899. The zero-order chi connectivity index (χ0) is 20.5. The number of hydrogen-bond acceptors (Lipinski definition) is 5. The second-order valence-electron chi connectivity index (χ2n) is 6.95. The molecule has 4 aromatic rings. The first-order chi connectivity index (χ1) is 13.9. The van der Waals surface area contributed by atoms with Gasteiger partial charge in [0.25, 0.3) is 5.56 Å². The van der Waals surface area contributed by atoms with Crippen molar-refractivity contribution >= 4 is 38.7 Å². The van der Waals surface area contributed by atoms with Crippen LogP contribution in [-0.4, -0.2) is 21.3 Å². The number of nitrogens with one attached hydrogen (secondary N) is 1. The number of nitrogens with zero attached hydrogens (tertiary/aromatic N) is 2. The summed E-state index contributed by atoms with van der Waals surface area (Å²) in [7, 11) is 0. The molecule has 1 aromatic carbocycles. The van der Waals surface area contributed by atoms with Crippen LogP contribution >= 0.6 is 22.9 Å². The van der Waals surface area contributed by atoms with Crippen LogP contribution in [0, 0.1) is 5.41 Å². The van der Waals surface area contributed by atoms with Gasteiger partial charge in [-0.05, 0) is 48.9 Å². The Balaban J connectivity index is 1.70. The highest BCUT2D eigenvalue weighted by atomic mass is 35.5. The summed E-state index contributed by atoms with van der Waals surface area (Å²) in [6, 6.07) is 15.0. The lowest BCUT2D eigenvalue weighted by molar-refractivity contribution is 0.775. The normalized spacial score (nSPS) is 12.2. The Morgan fingerprint density at radius 1 is 1.24 bits per heavy atom. The number of pyridine rings is 2. The molecule has 0 radical (unpaired) electrons. The predicted molar refractivity (Wildman–Crippen MR) is 121 cm³/mol. The SMILES string of the molecule is C[C@@H](N)CC(=N)c1ccc(-n2ccc3cc(-c4ccc(Cl)cc4)sc3c2=O)cn1. The molecule has 0 spiro atoms. The van der Waals surface area contributed by atoms with E-state index in [4.69, 9.17) is 22.7 Å². The van der Waals surface area contributed by atoms with Gasteiger partial charge in [0.15, 0.2) is 0 Å². The molecule has 0 aliphatic heterocycles. The van der Waals surface area contributed by atoms with Gasteiger partial charge in [-0.1, -0.05) is 23.7 Å². The molecule has 146 valence electrons. The Morgan fingerprint density at radius 2 is 2.00 bits per heavy atom. The summed E-state index contributed by atoms with van der Waals surface area (Å²) in [6.07, 6.45) is 3.83. The summed E-state index contributed by atoms with van der Waals surface area (Å²) in [4.78, 5) is 18.4. The summed E-state index contributed by atoms with van der Waals surface area (Å²) in [6.45, 7) is 1.86. The number of rotatable bonds is 5. The molecule has 0 bridgehead atoms.